The first-order valence-corrected chi connectivity index (χ1v) is 6.58. The second kappa shape index (κ2) is 3.97. The molecule has 0 amide bonds. The molecule has 2 unspecified atom stereocenters. The number of pyridine rings is 1. The van der Waals surface area contributed by atoms with Crippen LogP contribution in [-0.4, -0.2) is 18.1 Å². The lowest BCUT2D eigenvalue weighted by Crippen LogP contribution is -2.10. The van der Waals surface area contributed by atoms with Gasteiger partial charge in [-0.2, -0.15) is 0 Å². The van der Waals surface area contributed by atoms with Gasteiger partial charge in [0.2, 0.25) is 0 Å². The molecule has 0 aromatic carbocycles. The normalized spacial score (nSPS) is 28.0. The molecule has 1 aliphatic heterocycles. The van der Waals surface area contributed by atoms with Gasteiger partial charge in [-0.15, -0.1) is 0 Å². The zero-order chi connectivity index (χ0) is 11.1. The van der Waals surface area contributed by atoms with Gasteiger partial charge in [-0.3, -0.25) is 0 Å². The largest absolute Gasteiger partial charge is 0.316 e. The van der Waals surface area contributed by atoms with E-state index in [9.17, 15) is 0 Å². The summed E-state index contributed by atoms with van der Waals surface area (Å²) in [4.78, 5) is 4.39. The van der Waals surface area contributed by atoms with Crippen molar-refractivity contribution in [3.8, 4) is 0 Å². The van der Waals surface area contributed by atoms with Crippen molar-refractivity contribution in [2.24, 2.45) is 11.8 Å². The van der Waals surface area contributed by atoms with E-state index in [0.717, 1.165) is 17.1 Å². The number of allylic oxidation sites excluding steroid dienone is 1. The zero-order valence-electron chi connectivity index (χ0n) is 9.33. The Morgan fingerprint density at radius 1 is 1.44 bits per heavy atom. The highest BCUT2D eigenvalue weighted by Gasteiger charge is 2.34. The van der Waals surface area contributed by atoms with Crippen LogP contribution in [0.3, 0.4) is 0 Å². The van der Waals surface area contributed by atoms with Gasteiger partial charge in [-0.25, -0.2) is 4.98 Å². The predicted molar refractivity (Wildman–Crippen MR) is 69.1 cm³/mol. The lowest BCUT2D eigenvalue weighted by molar-refractivity contribution is 0.542. The van der Waals surface area contributed by atoms with Gasteiger partial charge in [0.15, 0.2) is 0 Å². The van der Waals surface area contributed by atoms with Gasteiger partial charge in [0.1, 0.15) is 4.60 Å². The summed E-state index contributed by atoms with van der Waals surface area (Å²) in [5, 5.41) is 3.48. The van der Waals surface area contributed by atoms with Gasteiger partial charge in [0.25, 0.3) is 0 Å². The smallest absolute Gasteiger partial charge is 0.109 e. The minimum Gasteiger partial charge on any atom is -0.316 e. The van der Waals surface area contributed by atoms with Crippen LogP contribution in [0, 0.1) is 18.8 Å². The van der Waals surface area contributed by atoms with E-state index < -0.39 is 0 Å². The van der Waals surface area contributed by atoms with Crippen LogP contribution in [0.2, 0.25) is 0 Å². The molecule has 1 aromatic rings. The summed E-state index contributed by atoms with van der Waals surface area (Å²) in [5.41, 5.74) is 4.02. The van der Waals surface area contributed by atoms with Crippen molar-refractivity contribution < 1.29 is 0 Å². The van der Waals surface area contributed by atoms with Crippen molar-refractivity contribution in [2.75, 3.05) is 13.1 Å². The van der Waals surface area contributed by atoms with Crippen molar-refractivity contribution in [2.45, 2.75) is 13.3 Å². The molecule has 2 heterocycles. The number of halogens is 1. The Morgan fingerprint density at radius 3 is 3.12 bits per heavy atom. The molecular formula is C13H15BrN2. The fourth-order valence-corrected chi connectivity index (χ4v) is 3.04. The first kappa shape index (κ1) is 10.5. The molecule has 1 saturated heterocycles. The minimum atomic E-state index is 0.711. The molecule has 16 heavy (non-hydrogen) atoms. The standard InChI is InChI=1S/C13H15BrN2/c1-8-4-10(6-16-13(8)14)11-3-2-9-5-15-7-12(9)11/h3-4,6,9,12,15H,2,5,7H2,1H3. The first-order chi connectivity index (χ1) is 7.75. The van der Waals surface area contributed by atoms with Crippen LogP contribution in [0.5, 0.6) is 0 Å². The summed E-state index contributed by atoms with van der Waals surface area (Å²) >= 11 is 3.45. The van der Waals surface area contributed by atoms with Crippen LogP contribution in [0.4, 0.5) is 0 Å². The van der Waals surface area contributed by atoms with Crippen molar-refractivity contribution in [3.05, 3.63) is 34.1 Å². The summed E-state index contributed by atoms with van der Waals surface area (Å²) in [5.74, 6) is 1.53. The van der Waals surface area contributed by atoms with Gasteiger partial charge in [0, 0.05) is 18.7 Å². The molecule has 3 rings (SSSR count). The molecule has 0 saturated carbocycles. The number of aryl methyl sites for hydroxylation is 1. The third-order valence-corrected chi connectivity index (χ3v) is 4.56. The molecule has 84 valence electrons. The molecule has 1 aromatic heterocycles. The van der Waals surface area contributed by atoms with Gasteiger partial charge in [-0.05, 0) is 64.5 Å². The fraction of sp³-hybridized carbons (Fsp3) is 0.462. The molecule has 1 fully saturated rings. The average Bonchev–Trinajstić information content (AvgIpc) is 2.83. The zero-order valence-corrected chi connectivity index (χ0v) is 10.9. The molecule has 0 spiro atoms. The van der Waals surface area contributed by atoms with E-state index in [1.165, 1.54) is 29.7 Å². The second-order valence-electron chi connectivity index (χ2n) is 4.75. The van der Waals surface area contributed by atoms with E-state index in [1.807, 2.05) is 6.20 Å². The molecule has 0 bridgehead atoms. The number of fused-ring (bicyclic) bond motifs is 1. The van der Waals surface area contributed by atoms with Crippen molar-refractivity contribution >= 4 is 21.5 Å². The highest BCUT2D eigenvalue weighted by atomic mass is 79.9. The van der Waals surface area contributed by atoms with Crippen LogP contribution >= 0.6 is 15.9 Å². The third kappa shape index (κ3) is 1.62. The summed E-state index contributed by atoms with van der Waals surface area (Å²) in [6.07, 6.45) is 5.62. The molecule has 1 N–H and O–H groups in total. The summed E-state index contributed by atoms with van der Waals surface area (Å²) in [7, 11) is 0. The van der Waals surface area contributed by atoms with Crippen LogP contribution < -0.4 is 5.32 Å². The van der Waals surface area contributed by atoms with E-state index in [2.05, 4.69) is 45.3 Å². The Balaban J connectivity index is 1.95. The minimum absolute atomic E-state index is 0.711. The molecule has 3 heteroatoms. The SMILES string of the molecule is Cc1cc(C2=CCC3CNCC23)cnc1Br. The number of hydrogen-bond donors (Lipinski definition) is 1. The Morgan fingerprint density at radius 2 is 2.31 bits per heavy atom. The molecule has 2 atom stereocenters. The van der Waals surface area contributed by atoms with Gasteiger partial charge >= 0.3 is 0 Å². The van der Waals surface area contributed by atoms with Crippen molar-refractivity contribution in [1.82, 2.24) is 10.3 Å². The monoisotopic (exact) mass is 278 g/mol. The highest BCUT2D eigenvalue weighted by Crippen LogP contribution is 2.40. The number of aromatic nitrogens is 1. The molecule has 1 aliphatic carbocycles. The predicted octanol–water partition coefficient (Wildman–Crippen LogP) is 2.78. The van der Waals surface area contributed by atoms with E-state index >= 15 is 0 Å². The molecule has 2 nitrogen and oxygen atoms in total. The highest BCUT2D eigenvalue weighted by molar-refractivity contribution is 9.10. The molecular weight excluding hydrogens is 264 g/mol. The van der Waals surface area contributed by atoms with Crippen molar-refractivity contribution in [1.29, 1.82) is 0 Å². The maximum absolute atomic E-state index is 4.39. The third-order valence-electron chi connectivity index (χ3n) is 3.73. The van der Waals surface area contributed by atoms with Gasteiger partial charge in [0.05, 0.1) is 0 Å². The Hall–Kier alpha value is -0.670. The van der Waals surface area contributed by atoms with Crippen LogP contribution in [0.1, 0.15) is 17.5 Å². The lowest BCUT2D eigenvalue weighted by Gasteiger charge is -2.13. The second-order valence-corrected chi connectivity index (χ2v) is 5.50. The van der Waals surface area contributed by atoms with Gasteiger partial charge in [-0.1, -0.05) is 6.08 Å². The number of rotatable bonds is 1. The van der Waals surface area contributed by atoms with Crippen molar-refractivity contribution in [3.63, 3.8) is 0 Å². The maximum Gasteiger partial charge on any atom is 0.109 e. The fourth-order valence-electron chi connectivity index (χ4n) is 2.82. The molecule has 0 radical (unpaired) electrons. The Labute approximate surface area is 104 Å². The first-order valence-electron chi connectivity index (χ1n) is 5.79. The Bertz CT molecular complexity index is 453. The summed E-state index contributed by atoms with van der Waals surface area (Å²) in [6, 6.07) is 2.24. The van der Waals surface area contributed by atoms with Crippen LogP contribution in [-0.2, 0) is 0 Å². The Kier molecular flexibility index (Phi) is 2.60. The summed E-state index contributed by atoms with van der Waals surface area (Å²) in [6.45, 7) is 4.40. The van der Waals surface area contributed by atoms with E-state index in [-0.39, 0.29) is 0 Å². The quantitative estimate of drug-likeness (QED) is 0.800. The topological polar surface area (TPSA) is 24.9 Å². The summed E-state index contributed by atoms with van der Waals surface area (Å²) < 4.78 is 0.955. The number of nitrogens with one attached hydrogen (secondary N) is 1. The number of nitrogens with zero attached hydrogens (tertiary/aromatic N) is 1. The molecule has 2 aliphatic rings. The van der Waals surface area contributed by atoms with Gasteiger partial charge < -0.3 is 5.32 Å². The van der Waals surface area contributed by atoms with Crippen LogP contribution in [0.15, 0.2) is 22.9 Å². The lowest BCUT2D eigenvalue weighted by atomic mass is 9.91. The number of hydrogen-bond acceptors (Lipinski definition) is 2. The van der Waals surface area contributed by atoms with Crippen LogP contribution in [0.25, 0.3) is 5.57 Å². The van der Waals surface area contributed by atoms with E-state index in [0.29, 0.717) is 5.92 Å². The maximum atomic E-state index is 4.39. The van der Waals surface area contributed by atoms with E-state index in [1.54, 1.807) is 0 Å². The van der Waals surface area contributed by atoms with E-state index in [4.69, 9.17) is 0 Å². The average molecular weight is 279 g/mol.